The fourth-order valence-corrected chi connectivity index (χ4v) is 1.91. The molecule has 18 heavy (non-hydrogen) atoms. The van der Waals surface area contributed by atoms with E-state index >= 15 is 0 Å². The molecule has 1 rings (SSSR count). The SMILES string of the molecule is CC.CCCCCCc1cnnn1CCCCC. The average molecular weight is 253 g/mol. The van der Waals surface area contributed by atoms with Crippen LogP contribution in [0.15, 0.2) is 6.20 Å². The van der Waals surface area contributed by atoms with Gasteiger partial charge in [-0.15, -0.1) is 5.10 Å². The maximum Gasteiger partial charge on any atom is 0.0725 e. The van der Waals surface area contributed by atoms with Gasteiger partial charge >= 0.3 is 0 Å². The summed E-state index contributed by atoms with van der Waals surface area (Å²) in [4.78, 5) is 0. The average Bonchev–Trinajstić information content (AvgIpc) is 2.85. The molecule has 0 N–H and O–H groups in total. The molecular weight excluding hydrogens is 222 g/mol. The Morgan fingerprint density at radius 2 is 1.61 bits per heavy atom. The lowest BCUT2D eigenvalue weighted by molar-refractivity contribution is 0.513. The van der Waals surface area contributed by atoms with E-state index in [1.807, 2.05) is 20.0 Å². The van der Waals surface area contributed by atoms with Gasteiger partial charge in [-0.3, -0.25) is 0 Å². The van der Waals surface area contributed by atoms with Gasteiger partial charge in [-0.05, 0) is 19.3 Å². The minimum atomic E-state index is 1.04. The Hall–Kier alpha value is -0.860. The number of unbranched alkanes of at least 4 members (excludes halogenated alkanes) is 5. The molecule has 1 aromatic rings. The van der Waals surface area contributed by atoms with Crippen molar-refractivity contribution in [3.63, 3.8) is 0 Å². The highest BCUT2D eigenvalue weighted by atomic mass is 15.4. The summed E-state index contributed by atoms with van der Waals surface area (Å²) in [5.41, 5.74) is 1.31. The number of rotatable bonds is 9. The summed E-state index contributed by atoms with van der Waals surface area (Å²) < 4.78 is 2.08. The van der Waals surface area contributed by atoms with E-state index in [0.29, 0.717) is 0 Å². The molecule has 0 unspecified atom stereocenters. The molecule has 0 radical (unpaired) electrons. The molecule has 3 nitrogen and oxygen atoms in total. The van der Waals surface area contributed by atoms with Crippen molar-refractivity contribution >= 4 is 0 Å². The molecule has 0 amide bonds. The quantitative estimate of drug-likeness (QED) is 0.601. The van der Waals surface area contributed by atoms with Crippen LogP contribution in [0.4, 0.5) is 0 Å². The number of aromatic nitrogens is 3. The monoisotopic (exact) mass is 253 g/mol. The van der Waals surface area contributed by atoms with Gasteiger partial charge in [-0.1, -0.05) is 65.0 Å². The third kappa shape index (κ3) is 7.46. The number of hydrogen-bond donors (Lipinski definition) is 0. The van der Waals surface area contributed by atoms with E-state index in [-0.39, 0.29) is 0 Å². The van der Waals surface area contributed by atoms with Crippen LogP contribution < -0.4 is 0 Å². The summed E-state index contributed by atoms with van der Waals surface area (Å²) in [6, 6.07) is 0. The third-order valence-corrected chi connectivity index (χ3v) is 2.96. The fourth-order valence-electron chi connectivity index (χ4n) is 1.91. The highest BCUT2D eigenvalue weighted by molar-refractivity contribution is 4.93. The van der Waals surface area contributed by atoms with Crippen LogP contribution in [0, 0.1) is 0 Å². The Kier molecular flexibility index (Phi) is 12.0. The Labute approximate surface area is 113 Å². The lowest BCUT2D eigenvalue weighted by Gasteiger charge is -2.05. The fraction of sp³-hybridized carbons (Fsp3) is 0.867. The van der Waals surface area contributed by atoms with Gasteiger partial charge < -0.3 is 0 Å². The summed E-state index contributed by atoms with van der Waals surface area (Å²) in [5, 5.41) is 8.17. The second kappa shape index (κ2) is 12.6. The second-order valence-electron chi connectivity index (χ2n) is 4.47. The zero-order valence-electron chi connectivity index (χ0n) is 12.8. The van der Waals surface area contributed by atoms with Crippen molar-refractivity contribution in [2.75, 3.05) is 0 Å². The Morgan fingerprint density at radius 3 is 2.28 bits per heavy atom. The van der Waals surface area contributed by atoms with E-state index in [1.54, 1.807) is 0 Å². The Balaban J connectivity index is 0.00000137. The molecule has 0 saturated carbocycles. The van der Waals surface area contributed by atoms with E-state index < -0.39 is 0 Å². The van der Waals surface area contributed by atoms with Crippen molar-refractivity contribution in [1.29, 1.82) is 0 Å². The van der Waals surface area contributed by atoms with Gasteiger partial charge in [0.05, 0.1) is 11.9 Å². The normalized spacial score (nSPS) is 10.0. The lowest BCUT2D eigenvalue weighted by Crippen LogP contribution is -2.05. The molecule has 0 aliphatic heterocycles. The highest BCUT2D eigenvalue weighted by Gasteiger charge is 2.02. The van der Waals surface area contributed by atoms with Crippen LogP contribution in [0.3, 0.4) is 0 Å². The molecule has 0 aliphatic carbocycles. The van der Waals surface area contributed by atoms with Gasteiger partial charge in [0.1, 0.15) is 0 Å². The number of hydrogen-bond acceptors (Lipinski definition) is 2. The Bertz CT molecular complexity index is 268. The molecule has 0 atom stereocenters. The minimum absolute atomic E-state index is 1.04. The van der Waals surface area contributed by atoms with Crippen LogP contribution in [0.2, 0.25) is 0 Å². The van der Waals surface area contributed by atoms with E-state index in [9.17, 15) is 0 Å². The molecule has 1 aromatic heterocycles. The van der Waals surface area contributed by atoms with Gasteiger partial charge in [-0.25, -0.2) is 4.68 Å². The molecule has 0 aliphatic rings. The molecule has 0 aromatic carbocycles. The van der Waals surface area contributed by atoms with Crippen molar-refractivity contribution in [3.05, 3.63) is 11.9 Å². The van der Waals surface area contributed by atoms with Crippen molar-refractivity contribution in [3.8, 4) is 0 Å². The van der Waals surface area contributed by atoms with Crippen molar-refractivity contribution in [2.24, 2.45) is 0 Å². The third-order valence-electron chi connectivity index (χ3n) is 2.96. The van der Waals surface area contributed by atoms with Crippen molar-refractivity contribution < 1.29 is 0 Å². The zero-order chi connectivity index (χ0) is 13.6. The van der Waals surface area contributed by atoms with E-state index in [0.717, 1.165) is 13.0 Å². The molecule has 0 saturated heterocycles. The first-order valence-corrected chi connectivity index (χ1v) is 7.75. The second-order valence-corrected chi connectivity index (χ2v) is 4.47. The minimum Gasteiger partial charge on any atom is -0.249 e. The molecule has 0 bridgehead atoms. The zero-order valence-corrected chi connectivity index (χ0v) is 12.8. The van der Waals surface area contributed by atoms with Gasteiger partial charge in [0.25, 0.3) is 0 Å². The first-order valence-electron chi connectivity index (χ1n) is 7.75. The van der Waals surface area contributed by atoms with Gasteiger partial charge in [-0.2, -0.15) is 0 Å². The van der Waals surface area contributed by atoms with Crippen LogP contribution in [0.25, 0.3) is 0 Å². The van der Waals surface area contributed by atoms with Crippen LogP contribution in [-0.2, 0) is 13.0 Å². The summed E-state index contributed by atoms with van der Waals surface area (Å²) in [5.74, 6) is 0. The van der Waals surface area contributed by atoms with E-state index in [1.165, 1.54) is 50.6 Å². The van der Waals surface area contributed by atoms with Crippen molar-refractivity contribution in [2.45, 2.75) is 85.6 Å². The summed E-state index contributed by atoms with van der Waals surface area (Å²) >= 11 is 0. The van der Waals surface area contributed by atoms with Crippen molar-refractivity contribution in [1.82, 2.24) is 15.0 Å². The van der Waals surface area contributed by atoms with Crippen LogP contribution in [-0.4, -0.2) is 15.0 Å². The molecule has 3 heteroatoms. The topological polar surface area (TPSA) is 30.7 Å². The van der Waals surface area contributed by atoms with Gasteiger partial charge in [0, 0.05) is 6.54 Å². The summed E-state index contributed by atoms with van der Waals surface area (Å²) in [6.07, 6.45) is 12.1. The Morgan fingerprint density at radius 1 is 0.944 bits per heavy atom. The summed E-state index contributed by atoms with van der Waals surface area (Å²) in [7, 11) is 0. The van der Waals surface area contributed by atoms with Gasteiger partial charge in [0.15, 0.2) is 0 Å². The predicted octanol–water partition coefficient (Wildman–Crippen LogP) is 4.62. The molecule has 106 valence electrons. The van der Waals surface area contributed by atoms with Crippen LogP contribution >= 0.6 is 0 Å². The van der Waals surface area contributed by atoms with Crippen LogP contribution in [0.5, 0.6) is 0 Å². The molecule has 0 fully saturated rings. The van der Waals surface area contributed by atoms with E-state index in [2.05, 4.69) is 28.8 Å². The van der Waals surface area contributed by atoms with E-state index in [4.69, 9.17) is 0 Å². The van der Waals surface area contributed by atoms with Crippen LogP contribution in [0.1, 0.15) is 78.3 Å². The molecule has 0 spiro atoms. The maximum atomic E-state index is 4.15. The lowest BCUT2D eigenvalue weighted by atomic mass is 10.1. The molecule has 1 heterocycles. The van der Waals surface area contributed by atoms with Gasteiger partial charge in [0.2, 0.25) is 0 Å². The first-order chi connectivity index (χ1) is 8.88. The standard InChI is InChI=1S/C13H25N3.C2H6/c1-3-5-7-8-10-13-12-14-15-16(13)11-9-6-4-2;1-2/h12H,3-11H2,1-2H3;1-2H3. The maximum absolute atomic E-state index is 4.15. The first kappa shape index (κ1) is 17.1. The smallest absolute Gasteiger partial charge is 0.0725 e. The largest absolute Gasteiger partial charge is 0.249 e. The number of nitrogens with zero attached hydrogens (tertiary/aromatic N) is 3. The number of aryl methyl sites for hydroxylation is 2. The molecular formula is C15H31N3. The highest BCUT2D eigenvalue weighted by Crippen LogP contribution is 2.08. The summed E-state index contributed by atoms with van der Waals surface area (Å²) in [6.45, 7) is 9.51. The predicted molar refractivity (Wildman–Crippen MR) is 78.7 cm³/mol.